The summed E-state index contributed by atoms with van der Waals surface area (Å²) in [6.07, 6.45) is 9.24. The van der Waals surface area contributed by atoms with Gasteiger partial charge >= 0.3 is 0 Å². The van der Waals surface area contributed by atoms with Crippen LogP contribution in [0.3, 0.4) is 0 Å². The molecule has 0 bridgehead atoms. The van der Waals surface area contributed by atoms with Crippen molar-refractivity contribution < 1.29 is 5.11 Å². The standard InChI is InChI=1S/C14H25NO/c1-3-10(4-2)14(16)9-15-13-8-11-6-5-7-12(11)13/h5,7,10-16H,3-4,6,8-9H2,1-2H3. The maximum absolute atomic E-state index is 10.0. The van der Waals surface area contributed by atoms with Crippen molar-refractivity contribution in [2.75, 3.05) is 6.54 Å². The molecule has 1 saturated carbocycles. The van der Waals surface area contributed by atoms with E-state index in [4.69, 9.17) is 0 Å². The molecule has 0 aromatic rings. The minimum Gasteiger partial charge on any atom is -0.392 e. The summed E-state index contributed by atoms with van der Waals surface area (Å²) in [6.45, 7) is 5.10. The van der Waals surface area contributed by atoms with Gasteiger partial charge < -0.3 is 10.4 Å². The number of aliphatic hydroxyl groups is 1. The van der Waals surface area contributed by atoms with E-state index < -0.39 is 0 Å². The van der Waals surface area contributed by atoms with Crippen LogP contribution in [0, 0.1) is 17.8 Å². The second kappa shape index (κ2) is 5.33. The van der Waals surface area contributed by atoms with Crippen molar-refractivity contribution in [3.05, 3.63) is 12.2 Å². The van der Waals surface area contributed by atoms with Gasteiger partial charge in [0.05, 0.1) is 6.10 Å². The lowest BCUT2D eigenvalue weighted by atomic mass is 9.71. The average Bonchev–Trinajstić information content (AvgIpc) is 2.62. The molecule has 4 unspecified atom stereocenters. The van der Waals surface area contributed by atoms with Crippen molar-refractivity contribution in [1.82, 2.24) is 5.32 Å². The Hall–Kier alpha value is -0.340. The molecule has 2 aliphatic rings. The van der Waals surface area contributed by atoms with Crippen LogP contribution in [0.1, 0.15) is 39.5 Å². The van der Waals surface area contributed by atoms with Gasteiger partial charge in [-0.2, -0.15) is 0 Å². The fourth-order valence-electron chi connectivity index (χ4n) is 3.22. The summed E-state index contributed by atoms with van der Waals surface area (Å²) < 4.78 is 0. The average molecular weight is 223 g/mol. The summed E-state index contributed by atoms with van der Waals surface area (Å²) in [4.78, 5) is 0. The normalized spacial score (nSPS) is 33.9. The third-order valence-corrected chi connectivity index (χ3v) is 4.54. The van der Waals surface area contributed by atoms with E-state index in [0.717, 1.165) is 31.2 Å². The van der Waals surface area contributed by atoms with Gasteiger partial charge in [-0.15, -0.1) is 0 Å². The molecule has 2 rings (SSSR count). The Bertz CT molecular complexity index is 247. The van der Waals surface area contributed by atoms with Gasteiger partial charge in [0.1, 0.15) is 0 Å². The van der Waals surface area contributed by atoms with Gasteiger partial charge in [0.15, 0.2) is 0 Å². The summed E-state index contributed by atoms with van der Waals surface area (Å²) in [7, 11) is 0. The molecule has 0 aromatic carbocycles. The first-order valence-electron chi connectivity index (χ1n) is 6.84. The van der Waals surface area contributed by atoms with Crippen LogP contribution in [0.5, 0.6) is 0 Å². The second-order valence-electron chi connectivity index (χ2n) is 5.40. The second-order valence-corrected chi connectivity index (χ2v) is 5.40. The number of nitrogens with one attached hydrogen (secondary N) is 1. The topological polar surface area (TPSA) is 32.3 Å². The molecule has 0 aliphatic heterocycles. The monoisotopic (exact) mass is 223 g/mol. The van der Waals surface area contributed by atoms with Crippen molar-refractivity contribution in [1.29, 1.82) is 0 Å². The Labute approximate surface area is 99.1 Å². The number of allylic oxidation sites excluding steroid dienone is 1. The zero-order chi connectivity index (χ0) is 11.5. The molecule has 4 atom stereocenters. The number of hydrogen-bond acceptors (Lipinski definition) is 2. The molecule has 16 heavy (non-hydrogen) atoms. The van der Waals surface area contributed by atoms with E-state index in [0.29, 0.717) is 12.0 Å². The number of hydrogen-bond donors (Lipinski definition) is 2. The smallest absolute Gasteiger partial charge is 0.0692 e. The highest BCUT2D eigenvalue weighted by atomic mass is 16.3. The Morgan fingerprint density at radius 3 is 2.75 bits per heavy atom. The number of rotatable bonds is 6. The highest BCUT2D eigenvalue weighted by molar-refractivity contribution is 5.12. The molecule has 0 spiro atoms. The molecule has 0 heterocycles. The Balaban J connectivity index is 1.69. The SMILES string of the molecule is CCC(CC)C(O)CNC1CC2CC=CC21. The van der Waals surface area contributed by atoms with Crippen LogP contribution in [-0.4, -0.2) is 23.8 Å². The molecule has 0 saturated heterocycles. The minimum absolute atomic E-state index is 0.167. The van der Waals surface area contributed by atoms with Crippen LogP contribution in [0.2, 0.25) is 0 Å². The predicted molar refractivity (Wildman–Crippen MR) is 67.2 cm³/mol. The molecule has 2 N–H and O–H groups in total. The summed E-state index contributed by atoms with van der Waals surface area (Å²) >= 11 is 0. The molecule has 0 radical (unpaired) electrons. The van der Waals surface area contributed by atoms with Gasteiger partial charge in [-0.1, -0.05) is 38.8 Å². The van der Waals surface area contributed by atoms with Crippen LogP contribution < -0.4 is 5.32 Å². The Morgan fingerprint density at radius 2 is 2.12 bits per heavy atom. The van der Waals surface area contributed by atoms with E-state index in [2.05, 4.69) is 31.3 Å². The van der Waals surface area contributed by atoms with Crippen LogP contribution >= 0.6 is 0 Å². The quantitative estimate of drug-likeness (QED) is 0.677. The van der Waals surface area contributed by atoms with Crippen LogP contribution in [-0.2, 0) is 0 Å². The van der Waals surface area contributed by atoms with Gasteiger partial charge in [-0.05, 0) is 30.6 Å². The molecule has 92 valence electrons. The van der Waals surface area contributed by atoms with E-state index in [-0.39, 0.29) is 6.10 Å². The van der Waals surface area contributed by atoms with Crippen molar-refractivity contribution in [2.24, 2.45) is 17.8 Å². The number of fused-ring (bicyclic) bond motifs is 1. The molecular weight excluding hydrogens is 198 g/mol. The molecule has 0 amide bonds. The molecule has 1 fully saturated rings. The first-order chi connectivity index (χ1) is 7.76. The fourth-order valence-corrected chi connectivity index (χ4v) is 3.22. The van der Waals surface area contributed by atoms with Gasteiger partial charge in [0, 0.05) is 12.6 Å². The first kappa shape index (κ1) is 12.1. The van der Waals surface area contributed by atoms with Crippen molar-refractivity contribution in [3.63, 3.8) is 0 Å². The van der Waals surface area contributed by atoms with E-state index in [1.54, 1.807) is 0 Å². The van der Waals surface area contributed by atoms with Crippen LogP contribution in [0.25, 0.3) is 0 Å². The lowest BCUT2D eigenvalue weighted by Gasteiger charge is -2.41. The van der Waals surface area contributed by atoms with Crippen molar-refractivity contribution >= 4 is 0 Å². The third kappa shape index (κ3) is 2.33. The zero-order valence-electron chi connectivity index (χ0n) is 10.5. The molecule has 2 heteroatoms. The predicted octanol–water partition coefficient (Wildman–Crippen LogP) is 2.34. The lowest BCUT2D eigenvalue weighted by Crippen LogP contribution is -2.50. The zero-order valence-corrected chi connectivity index (χ0v) is 10.5. The molecule has 2 aliphatic carbocycles. The molecule has 2 nitrogen and oxygen atoms in total. The maximum Gasteiger partial charge on any atom is 0.0692 e. The summed E-state index contributed by atoms with van der Waals surface area (Å²) in [5, 5.41) is 13.6. The first-order valence-corrected chi connectivity index (χ1v) is 6.84. The summed E-state index contributed by atoms with van der Waals surface area (Å²) in [6, 6.07) is 0.632. The Kier molecular flexibility index (Phi) is 4.04. The summed E-state index contributed by atoms with van der Waals surface area (Å²) in [5.74, 6) is 2.12. The fraction of sp³-hybridized carbons (Fsp3) is 0.857. The third-order valence-electron chi connectivity index (χ3n) is 4.54. The number of aliphatic hydroxyl groups excluding tert-OH is 1. The highest BCUT2D eigenvalue weighted by Crippen LogP contribution is 2.42. The minimum atomic E-state index is -0.167. The highest BCUT2D eigenvalue weighted by Gasteiger charge is 2.40. The molecule has 0 aromatic heterocycles. The largest absolute Gasteiger partial charge is 0.392 e. The van der Waals surface area contributed by atoms with Crippen molar-refractivity contribution in [3.8, 4) is 0 Å². The van der Waals surface area contributed by atoms with Gasteiger partial charge in [0.25, 0.3) is 0 Å². The van der Waals surface area contributed by atoms with E-state index >= 15 is 0 Å². The van der Waals surface area contributed by atoms with E-state index in [1.807, 2.05) is 0 Å². The van der Waals surface area contributed by atoms with E-state index in [1.165, 1.54) is 12.8 Å². The van der Waals surface area contributed by atoms with Crippen LogP contribution in [0.15, 0.2) is 12.2 Å². The van der Waals surface area contributed by atoms with Gasteiger partial charge in [-0.3, -0.25) is 0 Å². The van der Waals surface area contributed by atoms with E-state index in [9.17, 15) is 5.11 Å². The van der Waals surface area contributed by atoms with Gasteiger partial charge in [-0.25, -0.2) is 0 Å². The molecular formula is C14H25NO. The van der Waals surface area contributed by atoms with Crippen LogP contribution in [0.4, 0.5) is 0 Å². The summed E-state index contributed by atoms with van der Waals surface area (Å²) in [5.41, 5.74) is 0. The van der Waals surface area contributed by atoms with Crippen molar-refractivity contribution in [2.45, 2.75) is 51.7 Å². The maximum atomic E-state index is 10.0. The lowest BCUT2D eigenvalue weighted by molar-refractivity contribution is 0.0796. The van der Waals surface area contributed by atoms with Gasteiger partial charge in [0.2, 0.25) is 0 Å². The Morgan fingerprint density at radius 1 is 1.38 bits per heavy atom.